The molecule has 2 aromatic rings. The number of esters is 1. The first-order valence-corrected chi connectivity index (χ1v) is 11.7. The van der Waals surface area contributed by atoms with E-state index in [4.69, 9.17) is 5.26 Å². The van der Waals surface area contributed by atoms with Gasteiger partial charge < -0.3 is 4.74 Å². The number of nitro groups is 1. The maximum atomic E-state index is 11.4. The van der Waals surface area contributed by atoms with Crippen molar-refractivity contribution in [3.05, 3.63) is 51.4 Å². The molecular weight excluding hydrogens is 459 g/mol. The molecule has 0 aliphatic rings. The van der Waals surface area contributed by atoms with Gasteiger partial charge in [0.2, 0.25) is 0 Å². The summed E-state index contributed by atoms with van der Waals surface area (Å²) >= 11 is -4.01. The third kappa shape index (κ3) is 6.91. The van der Waals surface area contributed by atoms with Crippen molar-refractivity contribution in [3.63, 3.8) is 0 Å². The summed E-state index contributed by atoms with van der Waals surface area (Å²) in [5.74, 6) is -0.900. The summed E-state index contributed by atoms with van der Waals surface area (Å²) in [6.45, 7) is 3.22. The monoisotopic (exact) mass is 476 g/mol. The summed E-state index contributed by atoms with van der Waals surface area (Å²) in [4.78, 5) is 31.6. The van der Waals surface area contributed by atoms with Crippen molar-refractivity contribution in [3.8, 4) is 0 Å². The molecule has 1 atom stereocenters. The van der Waals surface area contributed by atoms with E-state index in [-0.39, 0.29) is 33.1 Å². The molecule has 11 nitrogen and oxygen atoms in total. The molecule has 13 heteroatoms. The van der Waals surface area contributed by atoms with Gasteiger partial charge in [-0.15, -0.1) is 0 Å². The molecule has 1 heterocycles. The van der Waals surface area contributed by atoms with E-state index in [2.05, 4.69) is 13.9 Å². The predicted octanol–water partition coefficient (Wildman–Crippen LogP) is 1.54. The fourth-order valence-electron chi connectivity index (χ4n) is 1.80. The van der Waals surface area contributed by atoms with E-state index in [1.165, 1.54) is 36.6 Å². The molecule has 0 aliphatic carbocycles. The van der Waals surface area contributed by atoms with Crippen LogP contribution in [0.25, 0.3) is 0 Å². The van der Waals surface area contributed by atoms with Crippen LogP contribution in [0.15, 0.2) is 35.7 Å². The Morgan fingerprint density at radius 2 is 2.00 bits per heavy atom. The van der Waals surface area contributed by atoms with Crippen molar-refractivity contribution >= 4 is 52.4 Å². The van der Waals surface area contributed by atoms with Crippen LogP contribution in [0.5, 0.6) is 0 Å². The number of para-hydroxylation sites is 1. The van der Waals surface area contributed by atoms with E-state index in [0.29, 0.717) is 0 Å². The van der Waals surface area contributed by atoms with E-state index in [1.807, 2.05) is 0 Å². The third-order valence-electron chi connectivity index (χ3n) is 2.91. The van der Waals surface area contributed by atoms with Crippen LogP contribution in [0.4, 0.5) is 10.7 Å². The molecule has 1 amide bonds. The van der Waals surface area contributed by atoms with Crippen LogP contribution in [0.2, 0.25) is 0 Å². The van der Waals surface area contributed by atoms with Gasteiger partial charge in [-0.05, 0) is 6.92 Å². The maximum absolute atomic E-state index is 11.4. The van der Waals surface area contributed by atoms with Gasteiger partial charge in [0, 0.05) is 11.4 Å². The van der Waals surface area contributed by atoms with Crippen LogP contribution < -0.4 is 9.67 Å². The molecular formula is C15H17AsN2O9S. The number of carbonyl (C=O) groups is 2. The second-order valence-corrected chi connectivity index (χ2v) is 9.38. The number of rotatable bonds is 6. The average Bonchev–Trinajstić information content (AvgIpc) is 3.13. The van der Waals surface area contributed by atoms with Crippen molar-refractivity contribution in [1.29, 1.82) is 0 Å². The quantitative estimate of drug-likeness (QED) is 0.184. The summed E-state index contributed by atoms with van der Waals surface area (Å²) < 4.78 is 28.8. The zero-order chi connectivity index (χ0) is 21.3. The average molecular weight is 476 g/mol. The van der Waals surface area contributed by atoms with Gasteiger partial charge in [-0.25, -0.2) is 4.79 Å². The zero-order valence-corrected chi connectivity index (χ0v) is 17.4. The molecule has 1 aromatic heterocycles. The van der Waals surface area contributed by atoms with Gasteiger partial charge in [0.1, 0.15) is 0 Å². The van der Waals surface area contributed by atoms with Crippen molar-refractivity contribution in [2.24, 2.45) is 0 Å². The van der Waals surface area contributed by atoms with Crippen molar-refractivity contribution in [2.45, 2.75) is 13.8 Å². The van der Waals surface area contributed by atoms with Crippen molar-refractivity contribution in [1.82, 2.24) is 0 Å². The second-order valence-electron chi connectivity index (χ2n) is 4.95. The van der Waals surface area contributed by atoms with Crippen molar-refractivity contribution < 1.29 is 36.2 Å². The second kappa shape index (κ2) is 10.7. The van der Waals surface area contributed by atoms with Crippen LogP contribution in [-0.2, 0) is 17.1 Å². The first-order chi connectivity index (χ1) is 13.1. The van der Waals surface area contributed by atoms with E-state index in [0.717, 1.165) is 11.3 Å². The predicted molar refractivity (Wildman–Crippen MR) is 99.7 cm³/mol. The first kappa shape index (κ1) is 23.5. The molecule has 0 saturated heterocycles. The molecule has 0 radical (unpaired) electrons. The number of ether oxygens (including phenoxy) is 1. The molecule has 0 aliphatic heterocycles. The van der Waals surface area contributed by atoms with Crippen LogP contribution >= 0.6 is 11.3 Å². The number of nitrogens with zero attached hydrogens (tertiary/aromatic N) is 1. The molecule has 0 bridgehead atoms. The summed E-state index contributed by atoms with van der Waals surface area (Å²) in [6, 6.07) is 7.05. The number of benzene rings is 1. The van der Waals surface area contributed by atoms with Gasteiger partial charge in [0.25, 0.3) is 0 Å². The van der Waals surface area contributed by atoms with Crippen LogP contribution in [0.3, 0.4) is 0 Å². The molecule has 0 spiro atoms. The fourth-order valence-corrected chi connectivity index (χ4v) is 4.17. The Morgan fingerprint density at radius 1 is 1.36 bits per heavy atom. The number of anilines is 1. The minimum Gasteiger partial charge on any atom is -0.462 e. The van der Waals surface area contributed by atoms with Crippen molar-refractivity contribution in [2.75, 3.05) is 11.9 Å². The first-order valence-electron chi connectivity index (χ1n) is 7.55. The van der Waals surface area contributed by atoms with Crippen LogP contribution in [-0.4, -0.2) is 46.9 Å². The Bertz CT molecular complexity index is 899. The molecule has 152 valence electrons. The molecule has 28 heavy (non-hydrogen) atoms. The van der Waals surface area contributed by atoms with Crippen LogP contribution in [0.1, 0.15) is 24.2 Å². The number of hydrogen-bond donors (Lipinski definition) is 3. The van der Waals surface area contributed by atoms with Gasteiger partial charge in [-0.1, -0.05) is 11.3 Å². The molecule has 1 unspecified atom stereocenters. The maximum Gasteiger partial charge on any atom is 0.339 e. The number of nitrogens with one attached hydrogen (secondary N) is 1. The fraction of sp³-hybridized carbons (Fsp3) is 0.200. The summed E-state index contributed by atoms with van der Waals surface area (Å²) in [6.07, 6.45) is 0. The number of thiophene rings is 1. The topological polar surface area (TPSA) is 165 Å². The molecule has 2 rings (SSSR count). The summed E-state index contributed by atoms with van der Waals surface area (Å²) in [7, 11) is 0. The number of amides is 1. The Labute approximate surface area is 166 Å². The Balaban J connectivity index is 0.000000283. The minimum atomic E-state index is -4.92. The SMILES string of the molecule is CC(=O)Nc1ccccc1[As](=O)(O)OO.CCOC(=O)c1csc([N+](=O)[O-])c1. The summed E-state index contributed by atoms with van der Waals surface area (Å²) in [5.41, 5.74) is 0.391. The van der Waals surface area contributed by atoms with Gasteiger partial charge in [-0.2, -0.15) is 0 Å². The summed E-state index contributed by atoms with van der Waals surface area (Å²) in [5, 5.41) is 22.3. The number of hydrogen-bond acceptors (Lipinski definition) is 9. The third-order valence-corrected chi connectivity index (χ3v) is 6.35. The smallest absolute Gasteiger partial charge is 0.339 e. The molecule has 1 aromatic carbocycles. The zero-order valence-electron chi connectivity index (χ0n) is 14.7. The Kier molecular flexibility index (Phi) is 9.02. The normalized spacial score (nSPS) is 12.1. The molecule has 0 fully saturated rings. The largest absolute Gasteiger partial charge is 0.462 e. The van der Waals surface area contributed by atoms with E-state index in [9.17, 15) is 27.5 Å². The number of carbonyl (C=O) groups excluding carboxylic acids is 2. The van der Waals surface area contributed by atoms with E-state index >= 15 is 0 Å². The van der Waals surface area contributed by atoms with Gasteiger partial charge in [0.15, 0.2) is 0 Å². The van der Waals surface area contributed by atoms with E-state index < -0.39 is 25.1 Å². The molecule has 3 N–H and O–H groups in total. The van der Waals surface area contributed by atoms with Crippen LogP contribution in [0, 0.1) is 10.1 Å². The molecule has 0 saturated carbocycles. The van der Waals surface area contributed by atoms with E-state index in [1.54, 1.807) is 13.0 Å². The van der Waals surface area contributed by atoms with Gasteiger partial charge in [0.05, 0.1) is 17.1 Å². The standard InChI is InChI=1S/C8H10AsNO5.C7H7NO4S/c1-6(11)10-8-5-3-2-4-7(8)9(12,13)15-14;1-2-12-7(9)5-3-6(8(10)11)13-4-5/h2-5,14H,1H3,(H,10,11)(H,12,13);3-4H,2H2,1H3. The minimum absolute atomic E-state index is 0.0527. The van der Waals surface area contributed by atoms with Gasteiger partial charge in [-0.3, -0.25) is 10.1 Å². The van der Waals surface area contributed by atoms with Gasteiger partial charge >= 0.3 is 99.4 Å². The Hall–Kier alpha value is -2.50. The Morgan fingerprint density at radius 3 is 2.50 bits per heavy atom.